The normalized spacial score (nSPS) is 13.3. The van der Waals surface area contributed by atoms with Crippen LogP contribution >= 0.6 is 11.6 Å². The van der Waals surface area contributed by atoms with Crippen LogP contribution in [-0.2, 0) is 6.18 Å². The molecule has 0 bridgehead atoms. The number of halogens is 5. The van der Waals surface area contributed by atoms with Crippen LogP contribution in [0.5, 0.6) is 0 Å². The van der Waals surface area contributed by atoms with Crippen LogP contribution in [0.1, 0.15) is 23.0 Å². The molecule has 0 saturated carbocycles. The van der Waals surface area contributed by atoms with E-state index < -0.39 is 23.7 Å². The summed E-state index contributed by atoms with van der Waals surface area (Å²) < 4.78 is 50.8. The lowest BCUT2D eigenvalue weighted by Crippen LogP contribution is -2.16. The highest BCUT2D eigenvalue weighted by atomic mass is 35.5. The van der Waals surface area contributed by atoms with E-state index in [1.165, 1.54) is 24.3 Å². The molecular weight excluding hydrogens is 296 g/mol. The van der Waals surface area contributed by atoms with Crippen LogP contribution in [0.3, 0.4) is 0 Å². The predicted molar refractivity (Wildman–Crippen MR) is 66.7 cm³/mol. The topological polar surface area (TPSA) is 38.9 Å². The highest BCUT2D eigenvalue weighted by Crippen LogP contribution is 2.29. The van der Waals surface area contributed by atoms with Crippen LogP contribution in [0.15, 0.2) is 36.4 Å². The van der Waals surface area contributed by atoms with Gasteiger partial charge in [0.05, 0.1) is 16.8 Å². The van der Waals surface area contributed by atoms with E-state index in [9.17, 15) is 17.6 Å². The van der Waals surface area contributed by atoms with Gasteiger partial charge >= 0.3 is 6.18 Å². The Morgan fingerprint density at radius 2 is 1.85 bits per heavy atom. The summed E-state index contributed by atoms with van der Waals surface area (Å²) in [6.07, 6.45) is -4.55. The maximum atomic E-state index is 13.0. The minimum absolute atomic E-state index is 0.0301. The van der Waals surface area contributed by atoms with Gasteiger partial charge in [-0.15, -0.1) is 0 Å². The Hall–Kier alpha value is -1.66. The maximum Gasteiger partial charge on any atom is 0.433 e. The van der Waals surface area contributed by atoms with Gasteiger partial charge in [0, 0.05) is 0 Å². The first-order chi connectivity index (χ1) is 9.29. The molecule has 1 heterocycles. The molecule has 20 heavy (non-hydrogen) atoms. The SMILES string of the molecule is NC(c1ccc(F)c(Cl)c1)c1cccc(C(F)(F)F)n1. The third-order valence-electron chi connectivity index (χ3n) is 2.68. The van der Waals surface area contributed by atoms with Crippen molar-refractivity contribution in [3.05, 3.63) is 64.2 Å². The number of pyridine rings is 1. The number of rotatable bonds is 2. The van der Waals surface area contributed by atoms with E-state index in [-0.39, 0.29) is 10.7 Å². The fourth-order valence-corrected chi connectivity index (χ4v) is 1.85. The Balaban J connectivity index is 2.38. The van der Waals surface area contributed by atoms with E-state index >= 15 is 0 Å². The Morgan fingerprint density at radius 1 is 1.15 bits per heavy atom. The third-order valence-corrected chi connectivity index (χ3v) is 2.97. The summed E-state index contributed by atoms with van der Waals surface area (Å²) in [5.74, 6) is -0.625. The van der Waals surface area contributed by atoms with Crippen molar-refractivity contribution >= 4 is 11.6 Å². The molecule has 2 N–H and O–H groups in total. The lowest BCUT2D eigenvalue weighted by Gasteiger charge is -2.14. The van der Waals surface area contributed by atoms with Crippen molar-refractivity contribution in [3.63, 3.8) is 0 Å². The van der Waals surface area contributed by atoms with Crippen molar-refractivity contribution in [2.75, 3.05) is 0 Å². The molecule has 0 amide bonds. The van der Waals surface area contributed by atoms with E-state index in [4.69, 9.17) is 17.3 Å². The molecule has 0 aliphatic carbocycles. The summed E-state index contributed by atoms with van der Waals surface area (Å²) in [5, 5.41) is -0.148. The summed E-state index contributed by atoms with van der Waals surface area (Å²) in [4.78, 5) is 3.49. The van der Waals surface area contributed by atoms with Crippen molar-refractivity contribution in [3.8, 4) is 0 Å². The Morgan fingerprint density at radius 3 is 2.45 bits per heavy atom. The first-order valence-electron chi connectivity index (χ1n) is 5.53. The fourth-order valence-electron chi connectivity index (χ4n) is 1.66. The Labute approximate surface area is 117 Å². The van der Waals surface area contributed by atoms with Gasteiger partial charge in [0.15, 0.2) is 0 Å². The zero-order valence-corrected chi connectivity index (χ0v) is 10.7. The van der Waals surface area contributed by atoms with Crippen molar-refractivity contribution in [1.82, 2.24) is 4.98 Å². The molecule has 2 aromatic rings. The highest BCUT2D eigenvalue weighted by molar-refractivity contribution is 6.30. The first-order valence-corrected chi connectivity index (χ1v) is 5.91. The molecular formula is C13H9ClF4N2. The van der Waals surface area contributed by atoms with Crippen LogP contribution in [0.2, 0.25) is 5.02 Å². The lowest BCUT2D eigenvalue weighted by atomic mass is 10.0. The Kier molecular flexibility index (Phi) is 3.96. The molecule has 2 nitrogen and oxygen atoms in total. The maximum absolute atomic E-state index is 13.0. The zero-order valence-electron chi connectivity index (χ0n) is 9.96. The monoisotopic (exact) mass is 304 g/mol. The van der Waals surface area contributed by atoms with Crippen molar-refractivity contribution < 1.29 is 17.6 Å². The van der Waals surface area contributed by atoms with Gasteiger partial charge < -0.3 is 5.73 Å². The standard InChI is InChI=1S/C13H9ClF4N2/c14-8-6-7(4-5-9(8)15)12(19)10-2-1-3-11(20-10)13(16,17)18/h1-6,12H,19H2. The second-order valence-corrected chi connectivity index (χ2v) is 4.50. The molecule has 7 heteroatoms. The summed E-state index contributed by atoms with van der Waals surface area (Å²) in [6.45, 7) is 0. The molecule has 2 rings (SSSR count). The van der Waals surface area contributed by atoms with Gasteiger partial charge in [-0.25, -0.2) is 9.37 Å². The lowest BCUT2D eigenvalue weighted by molar-refractivity contribution is -0.141. The van der Waals surface area contributed by atoms with Crippen LogP contribution in [0.4, 0.5) is 17.6 Å². The average Bonchev–Trinajstić information content (AvgIpc) is 2.40. The number of aromatic nitrogens is 1. The second kappa shape index (κ2) is 5.38. The molecule has 0 aliphatic rings. The van der Waals surface area contributed by atoms with Gasteiger partial charge in [-0.05, 0) is 29.8 Å². The number of nitrogens with two attached hydrogens (primary N) is 1. The molecule has 1 atom stereocenters. The molecule has 0 saturated heterocycles. The Bertz CT molecular complexity index is 628. The van der Waals surface area contributed by atoms with Crippen LogP contribution in [0, 0.1) is 5.82 Å². The van der Waals surface area contributed by atoms with E-state index in [1.807, 2.05) is 0 Å². The molecule has 0 fully saturated rings. The van der Waals surface area contributed by atoms with Gasteiger partial charge in [-0.3, -0.25) is 0 Å². The van der Waals surface area contributed by atoms with E-state index in [2.05, 4.69) is 4.98 Å². The van der Waals surface area contributed by atoms with E-state index in [1.54, 1.807) is 0 Å². The van der Waals surface area contributed by atoms with Crippen molar-refractivity contribution in [2.24, 2.45) is 5.73 Å². The zero-order chi connectivity index (χ0) is 14.9. The molecule has 1 aromatic carbocycles. The number of hydrogen-bond donors (Lipinski definition) is 1. The summed E-state index contributed by atoms with van der Waals surface area (Å²) in [7, 11) is 0. The number of nitrogens with zero attached hydrogens (tertiary/aromatic N) is 1. The van der Waals surface area contributed by atoms with Crippen molar-refractivity contribution in [1.29, 1.82) is 0 Å². The minimum atomic E-state index is -4.55. The minimum Gasteiger partial charge on any atom is -0.319 e. The quantitative estimate of drug-likeness (QED) is 0.854. The van der Waals surface area contributed by atoms with Crippen molar-refractivity contribution in [2.45, 2.75) is 12.2 Å². The van der Waals surface area contributed by atoms with Gasteiger partial charge in [-0.2, -0.15) is 13.2 Å². The molecule has 0 spiro atoms. The van der Waals surface area contributed by atoms with E-state index in [0.29, 0.717) is 5.56 Å². The van der Waals surface area contributed by atoms with Gasteiger partial charge in [0.2, 0.25) is 0 Å². The first kappa shape index (κ1) is 14.7. The number of hydrogen-bond acceptors (Lipinski definition) is 2. The highest BCUT2D eigenvalue weighted by Gasteiger charge is 2.32. The molecule has 0 radical (unpaired) electrons. The smallest absolute Gasteiger partial charge is 0.319 e. The second-order valence-electron chi connectivity index (χ2n) is 4.10. The summed E-state index contributed by atoms with van der Waals surface area (Å²) in [6, 6.07) is 6.25. The predicted octanol–water partition coefficient (Wildman–Crippen LogP) is 3.94. The van der Waals surface area contributed by atoms with Gasteiger partial charge in [-0.1, -0.05) is 23.7 Å². The molecule has 1 unspecified atom stereocenters. The largest absolute Gasteiger partial charge is 0.433 e. The van der Waals surface area contributed by atoms with Gasteiger partial charge in [0.1, 0.15) is 11.5 Å². The fraction of sp³-hybridized carbons (Fsp3) is 0.154. The van der Waals surface area contributed by atoms with Crippen LogP contribution < -0.4 is 5.73 Å². The van der Waals surface area contributed by atoms with Crippen LogP contribution in [-0.4, -0.2) is 4.98 Å². The van der Waals surface area contributed by atoms with E-state index in [0.717, 1.165) is 12.1 Å². The third kappa shape index (κ3) is 3.08. The summed E-state index contributed by atoms with van der Waals surface area (Å²) >= 11 is 5.62. The summed E-state index contributed by atoms with van der Waals surface area (Å²) in [5.41, 5.74) is 5.22. The molecule has 1 aromatic heterocycles. The van der Waals surface area contributed by atoms with Crippen LogP contribution in [0.25, 0.3) is 0 Å². The molecule has 106 valence electrons. The number of alkyl halides is 3. The molecule has 0 aliphatic heterocycles. The number of benzene rings is 1. The average molecular weight is 305 g/mol. The van der Waals surface area contributed by atoms with Gasteiger partial charge in [0.25, 0.3) is 0 Å².